The molecule has 0 saturated carbocycles. The minimum Gasteiger partial charge on any atom is -0.357 e. The van der Waals surface area contributed by atoms with Gasteiger partial charge in [-0.05, 0) is 65.5 Å². The fourth-order valence-electron chi connectivity index (χ4n) is 2.16. The highest BCUT2D eigenvalue weighted by atomic mass is 79.9. The van der Waals surface area contributed by atoms with Crippen molar-refractivity contribution >= 4 is 26.8 Å². The number of benzene rings is 1. The van der Waals surface area contributed by atoms with Crippen LogP contribution >= 0.6 is 15.9 Å². The Kier molecular flexibility index (Phi) is 3.36. The zero-order valence-corrected chi connectivity index (χ0v) is 11.3. The molecule has 2 aromatic rings. The zero-order valence-electron chi connectivity index (χ0n) is 9.73. The van der Waals surface area contributed by atoms with Crippen molar-refractivity contribution in [2.24, 2.45) is 5.73 Å². The molecule has 86 valence electrons. The summed E-state index contributed by atoms with van der Waals surface area (Å²) < 4.78 is 1.15. The fourth-order valence-corrected chi connectivity index (χ4v) is 2.77. The van der Waals surface area contributed by atoms with E-state index in [0.29, 0.717) is 6.54 Å². The highest BCUT2D eigenvalue weighted by Crippen LogP contribution is 2.30. The monoisotopic (exact) mass is 280 g/mol. The molecular weight excluding hydrogens is 264 g/mol. The molecule has 1 heterocycles. The van der Waals surface area contributed by atoms with Crippen LogP contribution in [0.3, 0.4) is 0 Å². The van der Waals surface area contributed by atoms with E-state index in [1.165, 1.54) is 27.7 Å². The molecule has 2 rings (SSSR count). The molecule has 0 radical (unpaired) electrons. The average molecular weight is 281 g/mol. The van der Waals surface area contributed by atoms with Crippen molar-refractivity contribution < 1.29 is 0 Å². The van der Waals surface area contributed by atoms with Gasteiger partial charge in [0.05, 0.1) is 5.52 Å². The van der Waals surface area contributed by atoms with Gasteiger partial charge in [-0.25, -0.2) is 0 Å². The summed E-state index contributed by atoms with van der Waals surface area (Å²) in [5, 5.41) is 1.31. The van der Waals surface area contributed by atoms with Gasteiger partial charge in [-0.15, -0.1) is 0 Å². The van der Waals surface area contributed by atoms with Gasteiger partial charge < -0.3 is 10.7 Å². The SMILES string of the molecule is CCc1cc(Br)c2[nH]c(C)c(CCN)c2c1. The van der Waals surface area contributed by atoms with Gasteiger partial charge in [0, 0.05) is 15.6 Å². The molecule has 0 aliphatic rings. The average Bonchev–Trinajstić information content (AvgIpc) is 2.58. The standard InChI is InChI=1S/C13H17BrN2/c1-3-9-6-11-10(4-5-15)8(2)16-13(11)12(14)7-9/h6-7,16H,3-5,15H2,1-2H3. The number of nitrogens with two attached hydrogens (primary N) is 1. The van der Waals surface area contributed by atoms with Crippen LogP contribution in [0.25, 0.3) is 10.9 Å². The van der Waals surface area contributed by atoms with Crippen LogP contribution in [0.5, 0.6) is 0 Å². The summed E-state index contributed by atoms with van der Waals surface area (Å²) in [6.07, 6.45) is 1.99. The fraction of sp³-hybridized carbons (Fsp3) is 0.385. The van der Waals surface area contributed by atoms with Crippen molar-refractivity contribution in [3.8, 4) is 0 Å². The molecule has 0 saturated heterocycles. The number of hydrogen-bond donors (Lipinski definition) is 2. The molecule has 0 unspecified atom stereocenters. The van der Waals surface area contributed by atoms with Crippen molar-refractivity contribution in [3.63, 3.8) is 0 Å². The van der Waals surface area contributed by atoms with Crippen LogP contribution in [0.15, 0.2) is 16.6 Å². The lowest BCUT2D eigenvalue weighted by molar-refractivity contribution is 0.963. The normalized spacial score (nSPS) is 11.2. The van der Waals surface area contributed by atoms with E-state index in [-0.39, 0.29) is 0 Å². The van der Waals surface area contributed by atoms with Crippen LogP contribution in [0, 0.1) is 6.92 Å². The van der Waals surface area contributed by atoms with Gasteiger partial charge in [-0.3, -0.25) is 0 Å². The summed E-state index contributed by atoms with van der Waals surface area (Å²) in [4.78, 5) is 3.43. The second-order valence-electron chi connectivity index (χ2n) is 4.12. The van der Waals surface area contributed by atoms with Crippen molar-refractivity contribution in [2.45, 2.75) is 26.7 Å². The van der Waals surface area contributed by atoms with E-state index in [1.807, 2.05) is 0 Å². The first-order valence-electron chi connectivity index (χ1n) is 5.67. The number of H-pyrrole nitrogens is 1. The number of aromatic nitrogens is 1. The Morgan fingerprint density at radius 2 is 2.12 bits per heavy atom. The molecule has 0 aliphatic carbocycles. The zero-order chi connectivity index (χ0) is 11.7. The maximum absolute atomic E-state index is 5.66. The van der Waals surface area contributed by atoms with Crippen molar-refractivity contribution in [3.05, 3.63) is 33.4 Å². The molecule has 3 N–H and O–H groups in total. The number of aryl methyl sites for hydroxylation is 2. The minimum absolute atomic E-state index is 0.696. The first-order valence-corrected chi connectivity index (χ1v) is 6.46. The van der Waals surface area contributed by atoms with E-state index < -0.39 is 0 Å². The number of halogens is 1. The number of aromatic amines is 1. The molecule has 16 heavy (non-hydrogen) atoms. The van der Waals surface area contributed by atoms with Gasteiger partial charge in [-0.2, -0.15) is 0 Å². The van der Waals surface area contributed by atoms with E-state index in [2.05, 4.69) is 46.9 Å². The molecule has 0 fully saturated rings. The van der Waals surface area contributed by atoms with E-state index in [4.69, 9.17) is 5.73 Å². The number of fused-ring (bicyclic) bond motifs is 1. The third kappa shape index (κ3) is 1.89. The second-order valence-corrected chi connectivity index (χ2v) is 4.98. The quantitative estimate of drug-likeness (QED) is 0.890. The Labute approximate surface area is 104 Å². The van der Waals surface area contributed by atoms with Gasteiger partial charge in [0.2, 0.25) is 0 Å². The summed E-state index contributed by atoms with van der Waals surface area (Å²) in [7, 11) is 0. The molecule has 0 aliphatic heterocycles. The van der Waals surface area contributed by atoms with Gasteiger partial charge in [0.15, 0.2) is 0 Å². The van der Waals surface area contributed by atoms with Gasteiger partial charge in [-0.1, -0.05) is 6.92 Å². The molecule has 3 heteroatoms. The first kappa shape index (κ1) is 11.7. The van der Waals surface area contributed by atoms with E-state index in [1.54, 1.807) is 0 Å². The van der Waals surface area contributed by atoms with Crippen LogP contribution in [0.4, 0.5) is 0 Å². The lowest BCUT2D eigenvalue weighted by Crippen LogP contribution is -2.03. The summed E-state index contributed by atoms with van der Waals surface area (Å²) in [5.74, 6) is 0. The molecular formula is C13H17BrN2. The Morgan fingerprint density at radius 1 is 1.38 bits per heavy atom. The third-order valence-electron chi connectivity index (χ3n) is 3.04. The maximum atomic E-state index is 5.66. The lowest BCUT2D eigenvalue weighted by Gasteiger charge is -2.02. The molecule has 1 aromatic heterocycles. The first-order chi connectivity index (χ1) is 7.67. The number of hydrogen-bond acceptors (Lipinski definition) is 1. The number of nitrogens with one attached hydrogen (secondary N) is 1. The van der Waals surface area contributed by atoms with Gasteiger partial charge in [0.1, 0.15) is 0 Å². The minimum atomic E-state index is 0.696. The Bertz CT molecular complexity index is 514. The Hall–Kier alpha value is -0.800. The molecule has 0 atom stereocenters. The van der Waals surface area contributed by atoms with Gasteiger partial charge >= 0.3 is 0 Å². The predicted molar refractivity (Wildman–Crippen MR) is 72.9 cm³/mol. The summed E-state index contributed by atoms with van der Waals surface area (Å²) in [6.45, 7) is 4.99. The van der Waals surface area contributed by atoms with Gasteiger partial charge in [0.25, 0.3) is 0 Å². The van der Waals surface area contributed by atoms with Crippen LogP contribution in [0.1, 0.15) is 23.7 Å². The van der Waals surface area contributed by atoms with E-state index >= 15 is 0 Å². The summed E-state index contributed by atoms with van der Waals surface area (Å²) >= 11 is 3.62. The summed E-state index contributed by atoms with van der Waals surface area (Å²) in [6, 6.07) is 4.46. The van der Waals surface area contributed by atoms with Crippen molar-refractivity contribution in [1.29, 1.82) is 0 Å². The van der Waals surface area contributed by atoms with Crippen molar-refractivity contribution in [1.82, 2.24) is 4.98 Å². The third-order valence-corrected chi connectivity index (χ3v) is 3.67. The molecule has 1 aromatic carbocycles. The summed E-state index contributed by atoms with van der Waals surface area (Å²) in [5.41, 5.74) is 10.8. The van der Waals surface area contributed by atoms with Crippen LogP contribution in [-0.4, -0.2) is 11.5 Å². The van der Waals surface area contributed by atoms with Crippen LogP contribution < -0.4 is 5.73 Å². The molecule has 0 spiro atoms. The topological polar surface area (TPSA) is 41.8 Å². The molecule has 0 amide bonds. The van der Waals surface area contributed by atoms with Crippen molar-refractivity contribution in [2.75, 3.05) is 6.54 Å². The maximum Gasteiger partial charge on any atom is 0.0603 e. The predicted octanol–water partition coefficient (Wildman–Crippen LogP) is 3.30. The molecule has 2 nitrogen and oxygen atoms in total. The second kappa shape index (κ2) is 4.60. The van der Waals surface area contributed by atoms with E-state index in [9.17, 15) is 0 Å². The van der Waals surface area contributed by atoms with E-state index in [0.717, 1.165) is 17.3 Å². The van der Waals surface area contributed by atoms with Crippen LogP contribution in [0.2, 0.25) is 0 Å². The Balaban J connectivity index is 2.70. The smallest absolute Gasteiger partial charge is 0.0603 e. The highest BCUT2D eigenvalue weighted by Gasteiger charge is 2.10. The number of rotatable bonds is 3. The highest BCUT2D eigenvalue weighted by molar-refractivity contribution is 9.10. The Morgan fingerprint density at radius 3 is 2.75 bits per heavy atom. The molecule has 0 bridgehead atoms. The van der Waals surface area contributed by atoms with Crippen LogP contribution in [-0.2, 0) is 12.8 Å². The largest absolute Gasteiger partial charge is 0.357 e. The lowest BCUT2D eigenvalue weighted by atomic mass is 10.0.